The van der Waals surface area contributed by atoms with Gasteiger partial charge in [-0.25, -0.2) is 0 Å². The van der Waals surface area contributed by atoms with Crippen molar-refractivity contribution >= 4 is 5.78 Å². The molecule has 3 heteroatoms. The molecule has 3 nitrogen and oxygen atoms in total. The van der Waals surface area contributed by atoms with Crippen molar-refractivity contribution in [2.24, 2.45) is 5.73 Å². The zero-order valence-corrected chi connectivity index (χ0v) is 5.96. The molecule has 56 valence electrons. The van der Waals surface area contributed by atoms with Gasteiger partial charge in [0.2, 0.25) is 5.78 Å². The van der Waals surface area contributed by atoms with E-state index in [0.717, 1.165) is 0 Å². The first-order chi connectivity index (χ1) is 4.72. The molecule has 0 fully saturated rings. The second-order valence-electron chi connectivity index (χ2n) is 1.90. The predicted octanol–water partition coefficient (Wildman–Crippen LogP) is -0.448. The number of rotatable bonds is 4. The van der Waals surface area contributed by atoms with Gasteiger partial charge in [0.1, 0.15) is 0 Å². The van der Waals surface area contributed by atoms with Gasteiger partial charge in [0, 0.05) is 13.7 Å². The van der Waals surface area contributed by atoms with Crippen LogP contribution in [0.4, 0.5) is 0 Å². The maximum atomic E-state index is 10.6. The minimum absolute atomic E-state index is 0.364. The Labute approximate surface area is 60.5 Å². The highest BCUT2D eigenvalue weighted by Crippen LogP contribution is 1.88. The van der Waals surface area contributed by atoms with E-state index in [9.17, 15) is 4.79 Å². The normalized spacial score (nSPS) is 12.1. The van der Waals surface area contributed by atoms with Crippen LogP contribution in [-0.2, 0) is 9.53 Å². The molecular formula is C7H11NO2. The van der Waals surface area contributed by atoms with Crippen molar-refractivity contribution in [2.75, 3.05) is 13.7 Å². The van der Waals surface area contributed by atoms with E-state index in [2.05, 4.69) is 0 Å². The molecule has 0 saturated heterocycles. The summed E-state index contributed by atoms with van der Waals surface area (Å²) in [4.78, 5) is 10.6. The fourth-order valence-electron chi connectivity index (χ4n) is 0.483. The van der Waals surface area contributed by atoms with Gasteiger partial charge in [0.15, 0.2) is 0 Å². The predicted molar refractivity (Wildman–Crippen MR) is 38.3 cm³/mol. The molecule has 0 aliphatic carbocycles. The third kappa shape index (κ3) is 3.23. The molecule has 0 aliphatic rings. The average Bonchev–Trinajstić information content (AvgIpc) is 1.98. The van der Waals surface area contributed by atoms with Gasteiger partial charge >= 0.3 is 0 Å². The Morgan fingerprint density at radius 2 is 2.50 bits per heavy atom. The summed E-state index contributed by atoms with van der Waals surface area (Å²) < 4.78 is 4.71. The monoisotopic (exact) mass is 141 g/mol. The molecule has 0 rings (SSSR count). The largest absolute Gasteiger partial charge is 0.385 e. The Morgan fingerprint density at radius 1 is 1.90 bits per heavy atom. The molecule has 0 aromatic carbocycles. The number of carbonyl (C=O) groups excluding carboxylic acids is 1. The summed E-state index contributed by atoms with van der Waals surface area (Å²) in [5.74, 6) is 1.59. The lowest BCUT2D eigenvalue weighted by atomic mass is 10.1. The number of methoxy groups -OCH3 is 1. The minimum atomic E-state index is -0.565. The zero-order chi connectivity index (χ0) is 7.98. The summed E-state index contributed by atoms with van der Waals surface area (Å²) in [7, 11) is 1.55. The molecular weight excluding hydrogens is 130 g/mol. The fraction of sp³-hybridized carbons (Fsp3) is 0.571. The van der Waals surface area contributed by atoms with Gasteiger partial charge in [-0.15, -0.1) is 6.42 Å². The summed E-state index contributed by atoms with van der Waals surface area (Å²) in [6.07, 6.45) is 5.31. The van der Waals surface area contributed by atoms with Crippen LogP contribution in [0.15, 0.2) is 0 Å². The van der Waals surface area contributed by atoms with E-state index in [1.54, 1.807) is 7.11 Å². The highest BCUT2D eigenvalue weighted by Gasteiger charge is 2.08. The summed E-state index contributed by atoms with van der Waals surface area (Å²) in [6, 6.07) is -0.565. The Balaban J connectivity index is 3.54. The van der Waals surface area contributed by atoms with E-state index in [1.807, 2.05) is 5.92 Å². The van der Waals surface area contributed by atoms with E-state index in [0.29, 0.717) is 13.0 Å². The molecule has 0 saturated carbocycles. The zero-order valence-electron chi connectivity index (χ0n) is 5.96. The third-order valence-electron chi connectivity index (χ3n) is 1.11. The summed E-state index contributed by atoms with van der Waals surface area (Å²) in [6.45, 7) is 0.467. The maximum absolute atomic E-state index is 10.6. The number of hydrogen-bond donors (Lipinski definition) is 1. The van der Waals surface area contributed by atoms with Crippen molar-refractivity contribution in [3.8, 4) is 12.3 Å². The first kappa shape index (κ1) is 9.15. The smallest absolute Gasteiger partial charge is 0.221 e. The van der Waals surface area contributed by atoms with Crippen molar-refractivity contribution in [1.29, 1.82) is 0 Å². The second-order valence-corrected chi connectivity index (χ2v) is 1.90. The van der Waals surface area contributed by atoms with Gasteiger partial charge in [-0.05, 0) is 12.3 Å². The molecule has 0 spiro atoms. The van der Waals surface area contributed by atoms with E-state index < -0.39 is 6.04 Å². The van der Waals surface area contributed by atoms with Crippen molar-refractivity contribution in [3.63, 3.8) is 0 Å². The lowest BCUT2D eigenvalue weighted by Crippen LogP contribution is -2.30. The van der Waals surface area contributed by atoms with Gasteiger partial charge in [-0.2, -0.15) is 0 Å². The quantitative estimate of drug-likeness (QED) is 0.426. The van der Waals surface area contributed by atoms with Crippen LogP contribution in [0.5, 0.6) is 0 Å². The minimum Gasteiger partial charge on any atom is -0.385 e. The van der Waals surface area contributed by atoms with Crippen molar-refractivity contribution in [3.05, 3.63) is 0 Å². The average molecular weight is 141 g/mol. The van der Waals surface area contributed by atoms with Crippen LogP contribution in [0.1, 0.15) is 6.42 Å². The van der Waals surface area contributed by atoms with Gasteiger partial charge in [-0.3, -0.25) is 4.79 Å². The number of hydrogen-bond acceptors (Lipinski definition) is 3. The van der Waals surface area contributed by atoms with Gasteiger partial charge in [0.05, 0.1) is 6.04 Å². The molecule has 1 unspecified atom stereocenters. The number of nitrogens with two attached hydrogens (primary N) is 1. The van der Waals surface area contributed by atoms with Crippen LogP contribution < -0.4 is 5.73 Å². The first-order valence-electron chi connectivity index (χ1n) is 2.97. The van der Waals surface area contributed by atoms with E-state index in [1.165, 1.54) is 0 Å². The van der Waals surface area contributed by atoms with Gasteiger partial charge in [-0.1, -0.05) is 0 Å². The Morgan fingerprint density at radius 3 is 2.90 bits per heavy atom. The lowest BCUT2D eigenvalue weighted by Gasteiger charge is -2.03. The van der Waals surface area contributed by atoms with Crippen LogP contribution >= 0.6 is 0 Å². The lowest BCUT2D eigenvalue weighted by molar-refractivity contribution is -0.115. The number of Topliss-reactive ketones (excluding diaryl/α,β-unsaturated/α-hetero) is 1. The SMILES string of the molecule is C#CC(=O)C(N)CCOC. The maximum Gasteiger partial charge on any atom is 0.221 e. The van der Waals surface area contributed by atoms with E-state index in [-0.39, 0.29) is 5.78 Å². The van der Waals surface area contributed by atoms with Crippen molar-refractivity contribution < 1.29 is 9.53 Å². The first-order valence-corrected chi connectivity index (χ1v) is 2.97. The fourth-order valence-corrected chi connectivity index (χ4v) is 0.483. The van der Waals surface area contributed by atoms with Crippen molar-refractivity contribution in [1.82, 2.24) is 0 Å². The highest BCUT2D eigenvalue weighted by atomic mass is 16.5. The number of ketones is 1. The van der Waals surface area contributed by atoms with Gasteiger partial charge in [0.25, 0.3) is 0 Å². The second kappa shape index (κ2) is 4.98. The molecule has 0 amide bonds. The van der Waals surface area contributed by atoms with E-state index in [4.69, 9.17) is 16.9 Å². The van der Waals surface area contributed by atoms with E-state index >= 15 is 0 Å². The van der Waals surface area contributed by atoms with Crippen LogP contribution in [0.3, 0.4) is 0 Å². The summed E-state index contributed by atoms with van der Waals surface area (Å²) in [5.41, 5.74) is 5.34. The molecule has 0 aromatic heterocycles. The molecule has 0 radical (unpaired) electrons. The highest BCUT2D eigenvalue weighted by molar-refractivity contribution is 5.98. The Hall–Kier alpha value is -0.850. The van der Waals surface area contributed by atoms with Gasteiger partial charge < -0.3 is 10.5 Å². The molecule has 0 aliphatic heterocycles. The number of terminal acetylenes is 1. The van der Waals surface area contributed by atoms with Crippen LogP contribution in [-0.4, -0.2) is 25.5 Å². The Kier molecular flexibility index (Phi) is 4.55. The molecule has 0 aromatic rings. The molecule has 10 heavy (non-hydrogen) atoms. The van der Waals surface area contributed by atoms with Crippen LogP contribution in [0.25, 0.3) is 0 Å². The standard InChI is InChI=1S/C7H11NO2/c1-3-7(9)6(8)4-5-10-2/h1,6H,4-5,8H2,2H3. The van der Waals surface area contributed by atoms with Crippen molar-refractivity contribution in [2.45, 2.75) is 12.5 Å². The Bertz CT molecular complexity index is 148. The van der Waals surface area contributed by atoms with Crippen LogP contribution in [0.2, 0.25) is 0 Å². The number of carbonyl (C=O) groups is 1. The topological polar surface area (TPSA) is 52.3 Å². The molecule has 1 atom stereocenters. The summed E-state index contributed by atoms with van der Waals surface area (Å²) >= 11 is 0. The van der Waals surface area contributed by atoms with Crippen LogP contribution in [0, 0.1) is 12.3 Å². The molecule has 0 bridgehead atoms. The number of ether oxygens (including phenoxy) is 1. The summed E-state index contributed by atoms with van der Waals surface area (Å²) in [5, 5.41) is 0. The molecule has 2 N–H and O–H groups in total. The third-order valence-corrected chi connectivity index (χ3v) is 1.11. The molecule has 0 heterocycles.